The molecule has 3 saturated heterocycles. The van der Waals surface area contributed by atoms with Crippen molar-refractivity contribution in [1.29, 1.82) is 5.26 Å². The highest BCUT2D eigenvalue weighted by molar-refractivity contribution is 6.20. The minimum absolute atomic E-state index is 0.0314. The summed E-state index contributed by atoms with van der Waals surface area (Å²) in [6.07, 6.45) is 3.30. The lowest BCUT2D eigenvalue weighted by atomic mass is 9.70. The molecule has 1 atom stereocenters. The number of piperidine rings is 2. The number of halogens is 1. The summed E-state index contributed by atoms with van der Waals surface area (Å²) in [6.45, 7) is 12.3. The average Bonchev–Trinajstić information content (AvgIpc) is 3.76. The highest BCUT2D eigenvalue weighted by Gasteiger charge is 2.42. The van der Waals surface area contributed by atoms with Crippen molar-refractivity contribution in [1.82, 2.24) is 25.0 Å². The van der Waals surface area contributed by atoms with E-state index in [0.29, 0.717) is 40.4 Å². The first-order valence-corrected chi connectivity index (χ1v) is 19.9. The predicted octanol–water partition coefficient (Wildman–Crippen LogP) is 5.16. The molecule has 1 aromatic heterocycles. The van der Waals surface area contributed by atoms with E-state index >= 15 is 4.39 Å². The maximum Gasteiger partial charge on any atom is 0.255 e. The number of aryl methyl sites for hydroxylation is 1. The van der Waals surface area contributed by atoms with Crippen molar-refractivity contribution in [2.24, 2.45) is 0 Å². The Balaban J connectivity index is 0.840. The fraction of sp³-hybridized carbons (Fsp3) is 0.432. The van der Waals surface area contributed by atoms with E-state index in [1.165, 1.54) is 16.2 Å². The zero-order chi connectivity index (χ0) is 39.0. The summed E-state index contributed by atoms with van der Waals surface area (Å²) in [7, 11) is 0. The van der Waals surface area contributed by atoms with E-state index in [1.54, 1.807) is 18.2 Å². The third-order valence-electron chi connectivity index (χ3n) is 13.1. The number of aromatic amines is 1. The van der Waals surface area contributed by atoms with Crippen LogP contribution in [0.4, 0.5) is 10.1 Å². The SMILES string of the molecule is CCc1cc2c(cc1N1CCC(N3CCN(Cc4ccc5c(c4F)CN(C4CCC(=O)NC4=O)C5=O)CC3)CC1)C(C)(C)c1[nH]c3cc(C#N)ccc3c1C2=O. The Morgan fingerprint density at radius 1 is 0.911 bits per heavy atom. The normalized spacial score (nSPS) is 21.6. The van der Waals surface area contributed by atoms with Crippen LogP contribution in [0, 0.1) is 17.1 Å². The highest BCUT2D eigenvalue weighted by atomic mass is 19.1. The lowest BCUT2D eigenvalue weighted by Gasteiger charge is -2.44. The molecule has 9 rings (SSSR count). The first-order valence-electron chi connectivity index (χ1n) is 19.9. The second kappa shape index (κ2) is 13.7. The Morgan fingerprint density at radius 2 is 1.68 bits per heavy atom. The number of nitriles is 1. The van der Waals surface area contributed by atoms with Crippen LogP contribution in [0.5, 0.6) is 0 Å². The molecule has 3 aromatic carbocycles. The number of ketones is 1. The minimum Gasteiger partial charge on any atom is -0.371 e. The van der Waals surface area contributed by atoms with E-state index in [0.717, 1.165) is 86.3 Å². The maximum atomic E-state index is 15.9. The van der Waals surface area contributed by atoms with Crippen LogP contribution in [0.1, 0.15) is 106 Å². The summed E-state index contributed by atoms with van der Waals surface area (Å²) < 4.78 is 15.9. The number of fused-ring (bicyclic) bond motifs is 5. The van der Waals surface area contributed by atoms with Gasteiger partial charge in [-0.2, -0.15) is 5.26 Å². The molecular formula is C44H46FN7O4. The fourth-order valence-corrected chi connectivity index (χ4v) is 9.93. The molecule has 56 heavy (non-hydrogen) atoms. The van der Waals surface area contributed by atoms with E-state index in [4.69, 9.17) is 0 Å². The third-order valence-corrected chi connectivity index (χ3v) is 13.1. The van der Waals surface area contributed by atoms with Crippen LogP contribution in [0.3, 0.4) is 0 Å². The molecule has 0 saturated carbocycles. The predicted molar refractivity (Wildman–Crippen MR) is 209 cm³/mol. The van der Waals surface area contributed by atoms with Crippen molar-refractivity contribution in [2.75, 3.05) is 44.2 Å². The maximum absolute atomic E-state index is 15.9. The number of hydrogen-bond acceptors (Lipinski definition) is 8. The van der Waals surface area contributed by atoms with Crippen LogP contribution in [-0.4, -0.2) is 94.5 Å². The smallest absolute Gasteiger partial charge is 0.255 e. The molecule has 288 valence electrons. The molecule has 11 nitrogen and oxygen atoms in total. The fourth-order valence-electron chi connectivity index (χ4n) is 9.93. The molecule has 4 aromatic rings. The number of amides is 3. The summed E-state index contributed by atoms with van der Waals surface area (Å²) in [5.41, 5.74) is 7.94. The van der Waals surface area contributed by atoms with Crippen molar-refractivity contribution in [2.45, 2.75) is 83.5 Å². The number of H-pyrrole nitrogens is 1. The van der Waals surface area contributed by atoms with Gasteiger partial charge in [0.05, 0.1) is 23.7 Å². The molecule has 5 aliphatic rings. The summed E-state index contributed by atoms with van der Waals surface area (Å²) in [5.74, 6) is -1.55. The molecule has 0 bridgehead atoms. The molecule has 12 heteroatoms. The van der Waals surface area contributed by atoms with E-state index in [2.05, 4.69) is 64.0 Å². The van der Waals surface area contributed by atoms with Gasteiger partial charge in [-0.1, -0.05) is 32.9 Å². The van der Waals surface area contributed by atoms with Crippen LogP contribution >= 0.6 is 0 Å². The summed E-state index contributed by atoms with van der Waals surface area (Å²) in [5, 5.41) is 12.6. The summed E-state index contributed by atoms with van der Waals surface area (Å²) in [6, 6.07) is 15.2. The van der Waals surface area contributed by atoms with Crippen molar-refractivity contribution in [3.63, 3.8) is 0 Å². The van der Waals surface area contributed by atoms with Gasteiger partial charge < -0.3 is 14.8 Å². The van der Waals surface area contributed by atoms with Crippen molar-refractivity contribution >= 4 is 40.1 Å². The largest absolute Gasteiger partial charge is 0.371 e. The number of hydrogen-bond donors (Lipinski definition) is 2. The lowest BCUT2D eigenvalue weighted by molar-refractivity contribution is -0.136. The van der Waals surface area contributed by atoms with Crippen molar-refractivity contribution < 1.29 is 23.6 Å². The monoisotopic (exact) mass is 755 g/mol. The van der Waals surface area contributed by atoms with Gasteiger partial charge in [0, 0.05) is 108 Å². The molecule has 3 fully saturated rings. The van der Waals surface area contributed by atoms with Gasteiger partial charge in [0.25, 0.3) is 5.91 Å². The second-order valence-electron chi connectivity index (χ2n) is 16.6. The summed E-state index contributed by atoms with van der Waals surface area (Å²) >= 11 is 0. The number of nitrogens with one attached hydrogen (secondary N) is 2. The number of carbonyl (C=O) groups is 4. The highest BCUT2D eigenvalue weighted by Crippen LogP contribution is 2.46. The van der Waals surface area contributed by atoms with Crippen molar-refractivity contribution in [3.05, 3.63) is 98.5 Å². The van der Waals surface area contributed by atoms with Gasteiger partial charge in [-0.15, -0.1) is 0 Å². The van der Waals surface area contributed by atoms with Gasteiger partial charge in [0.2, 0.25) is 11.8 Å². The van der Waals surface area contributed by atoms with Gasteiger partial charge in [-0.3, -0.25) is 34.3 Å². The molecule has 2 N–H and O–H groups in total. The van der Waals surface area contributed by atoms with Crippen LogP contribution < -0.4 is 10.2 Å². The number of nitrogens with zero attached hydrogens (tertiary/aromatic N) is 5. The van der Waals surface area contributed by atoms with Gasteiger partial charge in [-0.25, -0.2) is 4.39 Å². The molecule has 0 radical (unpaired) electrons. The number of imide groups is 1. The Hall–Kier alpha value is -5.38. The van der Waals surface area contributed by atoms with Crippen LogP contribution in [0.25, 0.3) is 10.9 Å². The van der Waals surface area contributed by atoms with Crippen LogP contribution in [0.15, 0.2) is 42.5 Å². The second-order valence-corrected chi connectivity index (χ2v) is 16.6. The molecule has 4 aliphatic heterocycles. The van der Waals surface area contributed by atoms with Crippen molar-refractivity contribution in [3.8, 4) is 6.07 Å². The molecule has 5 heterocycles. The molecule has 3 amide bonds. The lowest BCUT2D eigenvalue weighted by Crippen LogP contribution is -2.53. The van der Waals surface area contributed by atoms with E-state index < -0.39 is 17.4 Å². The Morgan fingerprint density at radius 3 is 2.39 bits per heavy atom. The number of carbonyl (C=O) groups excluding carboxylic acids is 4. The zero-order valence-corrected chi connectivity index (χ0v) is 32.1. The third kappa shape index (κ3) is 5.82. The first-order chi connectivity index (χ1) is 27.0. The number of aromatic nitrogens is 1. The number of benzene rings is 3. The quantitative estimate of drug-likeness (QED) is 0.258. The number of piperazine rings is 1. The number of rotatable bonds is 6. The van der Waals surface area contributed by atoms with E-state index in [-0.39, 0.29) is 42.8 Å². The van der Waals surface area contributed by atoms with Gasteiger partial charge >= 0.3 is 0 Å². The standard InChI is InChI=1S/C44H46FN7O4/c1-4-26-20-31-33(44(2,3)41-38(40(31)54)30-7-5-25(22-46)19-34(30)47-41)21-36(26)51-13-11-28(12-14-51)50-17-15-49(16-18-50)23-27-6-8-29-32(39(27)45)24-52(43(29)56)35-9-10-37(53)48-42(35)55/h5-8,19-21,28,35,47H,4,9-18,23-24H2,1-3H3,(H,48,53,55). The van der Waals surface area contributed by atoms with Crippen LogP contribution in [0.2, 0.25) is 0 Å². The minimum atomic E-state index is -0.768. The molecule has 1 unspecified atom stereocenters. The molecule has 0 spiro atoms. The molecule has 1 aliphatic carbocycles. The summed E-state index contributed by atoms with van der Waals surface area (Å²) in [4.78, 5) is 63.6. The van der Waals surface area contributed by atoms with Gasteiger partial charge in [0.15, 0.2) is 5.78 Å². The van der Waals surface area contributed by atoms with Gasteiger partial charge in [-0.05, 0) is 67.1 Å². The first kappa shape index (κ1) is 36.3. The van der Waals surface area contributed by atoms with E-state index in [9.17, 15) is 24.4 Å². The molecular weight excluding hydrogens is 710 g/mol. The number of anilines is 1. The van der Waals surface area contributed by atoms with E-state index in [1.807, 2.05) is 12.1 Å². The zero-order valence-electron chi connectivity index (χ0n) is 32.1. The topological polar surface area (TPSA) is 133 Å². The Bertz CT molecular complexity index is 2380. The van der Waals surface area contributed by atoms with Crippen LogP contribution in [-0.2, 0) is 34.5 Å². The van der Waals surface area contributed by atoms with Gasteiger partial charge in [0.1, 0.15) is 11.9 Å². The average molecular weight is 756 g/mol. The Kier molecular flexibility index (Phi) is 8.86. The Labute approximate surface area is 325 Å².